The van der Waals surface area contributed by atoms with Gasteiger partial charge in [0, 0.05) is 12.6 Å². The van der Waals surface area contributed by atoms with E-state index in [2.05, 4.69) is 5.32 Å². The summed E-state index contributed by atoms with van der Waals surface area (Å²) in [5.74, 6) is -1.31. The largest absolute Gasteiger partial charge is 0.452 e. The van der Waals surface area contributed by atoms with Gasteiger partial charge in [0.1, 0.15) is 5.56 Å². The molecule has 0 aliphatic rings. The molecule has 0 spiro atoms. The quantitative estimate of drug-likeness (QED) is 0.354. The van der Waals surface area contributed by atoms with Crippen LogP contribution in [0.5, 0.6) is 0 Å². The number of nitrogens with zero attached hydrogens (tertiary/aromatic N) is 1. The molecule has 108 valence electrons. The van der Waals surface area contributed by atoms with E-state index in [1.165, 1.54) is 24.3 Å². The van der Waals surface area contributed by atoms with Crippen molar-refractivity contribution in [2.75, 3.05) is 13.2 Å². The Bertz CT molecular complexity index is 501. The van der Waals surface area contributed by atoms with E-state index in [0.29, 0.717) is 6.54 Å². The van der Waals surface area contributed by atoms with Crippen LogP contribution in [0, 0.1) is 10.1 Å². The molecule has 20 heavy (non-hydrogen) atoms. The van der Waals surface area contributed by atoms with E-state index >= 15 is 0 Å². The number of nitro groups is 1. The summed E-state index contributed by atoms with van der Waals surface area (Å²) in [5.41, 5.74) is -0.511. The van der Waals surface area contributed by atoms with Crippen molar-refractivity contribution in [1.29, 1.82) is 0 Å². The molecule has 1 aromatic rings. The summed E-state index contributed by atoms with van der Waals surface area (Å²) in [6, 6.07) is 5.44. The Hall–Kier alpha value is -2.44. The van der Waals surface area contributed by atoms with Crippen molar-refractivity contribution >= 4 is 17.6 Å². The standard InChI is InChI=1S/C13H16N2O5/c1-2-3-8-14-12(16)9-20-13(17)10-6-4-5-7-11(10)15(18)19/h4-7H,2-3,8-9H2,1H3,(H,14,16). The van der Waals surface area contributed by atoms with Crippen LogP contribution in [-0.2, 0) is 9.53 Å². The predicted molar refractivity (Wildman–Crippen MR) is 71.3 cm³/mol. The maximum absolute atomic E-state index is 11.7. The van der Waals surface area contributed by atoms with Crippen molar-refractivity contribution < 1.29 is 19.2 Å². The molecule has 1 rings (SSSR count). The summed E-state index contributed by atoms with van der Waals surface area (Å²) in [7, 11) is 0. The van der Waals surface area contributed by atoms with Crippen molar-refractivity contribution in [3.63, 3.8) is 0 Å². The van der Waals surface area contributed by atoms with Gasteiger partial charge in [-0.05, 0) is 12.5 Å². The third-order valence-electron chi connectivity index (χ3n) is 2.51. The first kappa shape index (κ1) is 15.6. The molecule has 0 saturated carbocycles. The zero-order valence-corrected chi connectivity index (χ0v) is 11.1. The highest BCUT2D eigenvalue weighted by Crippen LogP contribution is 2.18. The van der Waals surface area contributed by atoms with Crippen LogP contribution in [0.3, 0.4) is 0 Å². The second-order valence-corrected chi connectivity index (χ2v) is 4.05. The lowest BCUT2D eigenvalue weighted by molar-refractivity contribution is -0.385. The van der Waals surface area contributed by atoms with Crippen LogP contribution in [0.15, 0.2) is 24.3 Å². The molecule has 0 atom stereocenters. The maximum Gasteiger partial charge on any atom is 0.345 e. The molecule has 0 unspecified atom stereocenters. The van der Waals surface area contributed by atoms with Gasteiger partial charge in [-0.1, -0.05) is 25.5 Å². The Morgan fingerprint density at radius 3 is 2.70 bits per heavy atom. The summed E-state index contributed by atoms with van der Waals surface area (Å²) in [6.07, 6.45) is 1.78. The van der Waals surface area contributed by atoms with Gasteiger partial charge < -0.3 is 10.1 Å². The Morgan fingerprint density at radius 1 is 1.35 bits per heavy atom. The van der Waals surface area contributed by atoms with Crippen LogP contribution in [0.2, 0.25) is 0 Å². The number of amides is 1. The zero-order chi connectivity index (χ0) is 15.0. The molecular formula is C13H16N2O5. The van der Waals surface area contributed by atoms with Gasteiger partial charge in [-0.15, -0.1) is 0 Å². The number of unbranched alkanes of at least 4 members (excludes halogenated alkanes) is 1. The summed E-state index contributed by atoms with van der Waals surface area (Å²) >= 11 is 0. The molecule has 0 radical (unpaired) electrons. The minimum atomic E-state index is -0.886. The molecule has 1 aromatic carbocycles. The average molecular weight is 280 g/mol. The number of carbonyl (C=O) groups excluding carboxylic acids is 2. The van der Waals surface area contributed by atoms with E-state index in [1.54, 1.807) is 0 Å². The number of nitro benzene ring substituents is 1. The van der Waals surface area contributed by atoms with Crippen LogP contribution in [0.1, 0.15) is 30.1 Å². The lowest BCUT2D eigenvalue weighted by Crippen LogP contribution is -2.29. The monoisotopic (exact) mass is 280 g/mol. The van der Waals surface area contributed by atoms with Crippen LogP contribution >= 0.6 is 0 Å². The first-order valence-corrected chi connectivity index (χ1v) is 6.23. The molecular weight excluding hydrogens is 264 g/mol. The molecule has 0 fully saturated rings. The molecule has 0 aromatic heterocycles. The van der Waals surface area contributed by atoms with Gasteiger partial charge in [0.05, 0.1) is 4.92 Å². The summed E-state index contributed by atoms with van der Waals surface area (Å²) in [5, 5.41) is 13.3. The van der Waals surface area contributed by atoms with E-state index in [0.717, 1.165) is 12.8 Å². The number of rotatable bonds is 7. The van der Waals surface area contributed by atoms with Gasteiger partial charge >= 0.3 is 5.97 Å². The third kappa shape index (κ3) is 4.68. The van der Waals surface area contributed by atoms with Crippen LogP contribution in [0.25, 0.3) is 0 Å². The van der Waals surface area contributed by atoms with E-state index in [1.807, 2.05) is 6.92 Å². The van der Waals surface area contributed by atoms with Gasteiger partial charge in [-0.3, -0.25) is 14.9 Å². The molecule has 7 heteroatoms. The number of esters is 1. The highest BCUT2D eigenvalue weighted by Gasteiger charge is 2.20. The molecule has 0 saturated heterocycles. The Morgan fingerprint density at radius 2 is 2.05 bits per heavy atom. The third-order valence-corrected chi connectivity index (χ3v) is 2.51. The molecule has 0 aliphatic heterocycles. The van der Waals surface area contributed by atoms with Crippen LogP contribution in [0.4, 0.5) is 5.69 Å². The van der Waals surface area contributed by atoms with E-state index in [-0.39, 0.29) is 11.3 Å². The maximum atomic E-state index is 11.7. The molecule has 0 bridgehead atoms. The topological polar surface area (TPSA) is 98.5 Å². The second kappa shape index (κ2) is 7.88. The fourth-order valence-electron chi connectivity index (χ4n) is 1.47. The number of hydrogen-bond acceptors (Lipinski definition) is 5. The molecule has 1 N–H and O–H groups in total. The lowest BCUT2D eigenvalue weighted by atomic mass is 10.2. The first-order valence-electron chi connectivity index (χ1n) is 6.23. The number of carbonyl (C=O) groups is 2. The van der Waals surface area contributed by atoms with Gasteiger partial charge in [-0.25, -0.2) is 4.79 Å². The number of ether oxygens (including phenoxy) is 1. The van der Waals surface area contributed by atoms with Crippen molar-refractivity contribution in [3.05, 3.63) is 39.9 Å². The highest BCUT2D eigenvalue weighted by molar-refractivity contribution is 5.95. The Balaban J connectivity index is 2.55. The minimum Gasteiger partial charge on any atom is -0.452 e. The average Bonchev–Trinajstić information content (AvgIpc) is 2.45. The lowest BCUT2D eigenvalue weighted by Gasteiger charge is -2.06. The Kier molecular flexibility index (Phi) is 6.15. The first-order chi connectivity index (χ1) is 9.56. The Labute approximate surface area is 116 Å². The van der Waals surface area contributed by atoms with Crippen LogP contribution in [-0.4, -0.2) is 30.0 Å². The minimum absolute atomic E-state index is 0.168. The van der Waals surface area contributed by atoms with Crippen molar-refractivity contribution in [1.82, 2.24) is 5.32 Å². The van der Waals surface area contributed by atoms with E-state index in [4.69, 9.17) is 4.74 Å². The van der Waals surface area contributed by atoms with Crippen molar-refractivity contribution in [2.24, 2.45) is 0 Å². The van der Waals surface area contributed by atoms with E-state index in [9.17, 15) is 19.7 Å². The summed E-state index contributed by atoms with van der Waals surface area (Å²) in [6.45, 7) is 2.05. The van der Waals surface area contributed by atoms with Gasteiger partial charge in [0.25, 0.3) is 11.6 Å². The van der Waals surface area contributed by atoms with Crippen molar-refractivity contribution in [3.8, 4) is 0 Å². The number of nitrogens with one attached hydrogen (secondary N) is 1. The fraction of sp³-hybridized carbons (Fsp3) is 0.385. The van der Waals surface area contributed by atoms with Crippen molar-refractivity contribution in [2.45, 2.75) is 19.8 Å². The van der Waals surface area contributed by atoms with Gasteiger partial charge in [0.2, 0.25) is 0 Å². The SMILES string of the molecule is CCCCNC(=O)COC(=O)c1ccccc1[N+](=O)[O-]. The second-order valence-electron chi connectivity index (χ2n) is 4.05. The zero-order valence-electron chi connectivity index (χ0n) is 11.1. The summed E-state index contributed by atoms with van der Waals surface area (Å²) < 4.78 is 4.76. The fourth-order valence-corrected chi connectivity index (χ4v) is 1.47. The number of hydrogen-bond donors (Lipinski definition) is 1. The van der Waals surface area contributed by atoms with Gasteiger partial charge in [0.15, 0.2) is 6.61 Å². The van der Waals surface area contributed by atoms with Gasteiger partial charge in [-0.2, -0.15) is 0 Å². The van der Waals surface area contributed by atoms with E-state index < -0.39 is 23.4 Å². The summed E-state index contributed by atoms with van der Waals surface area (Å²) in [4.78, 5) is 33.1. The molecule has 1 amide bonds. The molecule has 0 aliphatic carbocycles. The number of benzene rings is 1. The highest BCUT2D eigenvalue weighted by atomic mass is 16.6. The smallest absolute Gasteiger partial charge is 0.345 e. The molecule has 0 heterocycles. The van der Waals surface area contributed by atoms with Crippen LogP contribution < -0.4 is 5.32 Å². The predicted octanol–water partition coefficient (Wildman–Crippen LogP) is 1.67. The molecule has 7 nitrogen and oxygen atoms in total. The normalized spacial score (nSPS) is 9.85. The number of para-hydroxylation sites is 1.